The van der Waals surface area contributed by atoms with Gasteiger partial charge in [0.1, 0.15) is 89.5 Å². The van der Waals surface area contributed by atoms with E-state index in [0.29, 0.717) is 5.02 Å². The summed E-state index contributed by atoms with van der Waals surface area (Å²) in [4.78, 5) is 118. The lowest BCUT2D eigenvalue weighted by atomic mass is 9.84. The molecule has 20 N–H and O–H groups in total. The molecule has 0 saturated carbocycles. The highest BCUT2D eigenvalue weighted by Gasteiger charge is 2.52. The van der Waals surface area contributed by atoms with E-state index in [-0.39, 0.29) is 52.8 Å². The lowest BCUT2D eigenvalue weighted by Crippen LogP contribution is -2.65. The summed E-state index contributed by atoms with van der Waals surface area (Å²) in [6, 6.07) is 14.3. The number of amides is 7. The summed E-state index contributed by atoms with van der Waals surface area (Å²) >= 11 is 20.4. The van der Waals surface area contributed by atoms with E-state index < -0.39 is 237 Å². The third kappa shape index (κ3) is 18.3. The van der Waals surface area contributed by atoms with Crippen molar-refractivity contribution in [3.8, 4) is 68.2 Å². The molecule has 7 aromatic rings. The highest BCUT2D eigenvalue weighted by atomic mass is 35.5. The summed E-state index contributed by atoms with van der Waals surface area (Å²) in [6.07, 6.45) is -18.7. The monoisotopic (exact) mass is 1650 g/mol. The van der Waals surface area contributed by atoms with Gasteiger partial charge in [0.2, 0.25) is 53.4 Å². The number of carbonyl (C=O) groups is 8. The molecule has 0 aliphatic carbocycles. The van der Waals surface area contributed by atoms with Crippen LogP contribution in [0.3, 0.4) is 0 Å². The zero-order chi connectivity index (χ0) is 82.9. The standard InChI is InChI=1S/C79H84Cl3N9O24/c1-32(2)20-47(84-5)71(102)90-62-64(97)38-13-18-51(45(81)22-38)111-53-24-40-25-54(68(53)115-78-69(67(100)66(99)55(31-92)113-78)114-57-29-79(4,70(101)33(3)110-57)85-30-34-6-8-35(9-7-34)36-10-15-41(80)16-11-36)112-52-19-14-39(23-46(52)82)65(98)63-76(107)89-61(77(108)109)44-26-42(93)27-50(95)58(44)43-21-37(12-17-49(43)94)59(73(104)91-63)88-74(105)60(40)87-72(103)48(28-56(83)96)86-75(62)106/h6-19,21-27,32-33,47-48,55,57,59-67,69-70,78,84-85,92-95,97-101H,20,28-31H2,1-5H3,(H2,83,96)(H,86,106)(H,87,103)(H,88,105)(H,89,107)(H,90,102)(H,91,104)(H,108,109)/t33-,47+,48-,55+,57-,59+,60+,61-,62+,63-,64?,65+,66+,67-,69+,70+,78-,79-/m0/s1. The maximum Gasteiger partial charge on any atom is 0.330 e. The van der Waals surface area contributed by atoms with E-state index in [1.54, 1.807) is 26.0 Å². The van der Waals surface area contributed by atoms with Crippen LogP contribution in [-0.2, 0) is 59.1 Å². The van der Waals surface area contributed by atoms with E-state index in [1.165, 1.54) is 19.2 Å². The van der Waals surface area contributed by atoms with Crippen LogP contribution in [-0.4, -0.2) is 191 Å². The minimum atomic E-state index is -2.36. The van der Waals surface area contributed by atoms with E-state index >= 15 is 14.4 Å². The second kappa shape index (κ2) is 34.9. The lowest BCUT2D eigenvalue weighted by Gasteiger charge is -2.48. The number of rotatable bonds is 17. The van der Waals surface area contributed by atoms with Crippen LogP contribution in [0, 0.1) is 5.92 Å². The van der Waals surface area contributed by atoms with Crippen LogP contribution in [0.4, 0.5) is 0 Å². The fourth-order valence-electron chi connectivity index (χ4n) is 14.4. The van der Waals surface area contributed by atoms with Crippen molar-refractivity contribution in [3.05, 3.63) is 176 Å². The number of carboxylic acid groups (broad SMARTS) is 1. The van der Waals surface area contributed by atoms with E-state index in [2.05, 4.69) is 42.5 Å². The molecule has 7 aromatic carbocycles. The number of aliphatic carboxylic acids is 1. The molecule has 7 aliphatic rings. The fraction of sp³-hybridized carbons (Fsp3) is 0.367. The van der Waals surface area contributed by atoms with Gasteiger partial charge in [-0.1, -0.05) is 103 Å². The minimum absolute atomic E-state index is 0.106. The average Bonchev–Trinajstić information content (AvgIpc) is 0.764. The highest BCUT2D eigenvalue weighted by Crippen LogP contribution is 2.50. The van der Waals surface area contributed by atoms with Gasteiger partial charge in [0.05, 0.1) is 41.3 Å². The fourth-order valence-corrected chi connectivity index (χ4v) is 15.0. The summed E-state index contributed by atoms with van der Waals surface area (Å²) < 4.78 is 39.5. The zero-order valence-electron chi connectivity index (χ0n) is 62.0. The molecule has 7 aliphatic heterocycles. The molecule has 36 heteroatoms. The Morgan fingerprint density at radius 1 is 0.661 bits per heavy atom. The summed E-state index contributed by atoms with van der Waals surface area (Å²) in [6.45, 7) is 6.15. The van der Waals surface area contributed by atoms with Crippen LogP contribution in [0.1, 0.15) is 111 Å². The molecule has 2 fully saturated rings. The number of halogens is 3. The Labute approximate surface area is 671 Å². The van der Waals surface area contributed by atoms with Crippen LogP contribution in [0.2, 0.25) is 15.1 Å². The topological polar surface area (TPSA) is 517 Å². The van der Waals surface area contributed by atoms with Gasteiger partial charge in [0, 0.05) is 46.3 Å². The van der Waals surface area contributed by atoms with Crippen LogP contribution < -0.4 is 62.5 Å². The number of benzene rings is 7. The predicted octanol–water partition coefficient (Wildman–Crippen LogP) is 4.26. The smallest absolute Gasteiger partial charge is 0.330 e. The number of primary amides is 1. The molecule has 115 heavy (non-hydrogen) atoms. The van der Waals surface area contributed by atoms with E-state index in [4.69, 9.17) is 69.0 Å². The van der Waals surface area contributed by atoms with Gasteiger partial charge in [-0.25, -0.2) is 4.79 Å². The van der Waals surface area contributed by atoms with Crippen molar-refractivity contribution in [2.45, 2.75) is 163 Å². The zero-order valence-corrected chi connectivity index (χ0v) is 64.2. The Morgan fingerprint density at radius 3 is 1.86 bits per heavy atom. The lowest BCUT2D eigenvalue weighted by molar-refractivity contribution is -0.334. The number of likely N-dealkylation sites (N-methyl/N-ethyl adjacent to an activating group) is 1. The Hall–Kier alpha value is -10.5. The number of hydrogen-bond donors (Lipinski definition) is 19. The number of carboxylic acids is 1. The van der Waals surface area contributed by atoms with Crippen LogP contribution >= 0.6 is 34.8 Å². The quantitative estimate of drug-likeness (QED) is 0.0605. The second-order valence-electron chi connectivity index (χ2n) is 29.2. The number of hydrogen-bond acceptors (Lipinski definition) is 25. The first-order chi connectivity index (χ1) is 54.6. The molecular formula is C79H84Cl3N9O24. The van der Waals surface area contributed by atoms with Crippen molar-refractivity contribution in [1.29, 1.82) is 0 Å². The number of ether oxygens (including phenoxy) is 6. The molecule has 610 valence electrons. The SMILES string of the molecule is CN[C@H](CC(C)C)C(=O)N[C@H]1C(=O)N[C@@H](CC(N)=O)C(=O)N[C@H]2C(=O)N[C@H]3C(=O)N[C@H](C(=O)N[C@H](C(=O)O)c4cc(O)cc(O)c4-c4cc3ccc4O)[C@H](O)c3ccc(c(Cl)c3)Oc3cc2cc(c3O[C@@H]2O[C@H](CO)[C@@H](O)[C@H](O)[C@H]2O[C@H]2C[C@](C)(NCc3ccc(-c4ccc(Cl)cc4)cc3)[C@H](O)[C@H](C)O2)Oc2ccc(cc2Cl)C1O. The van der Waals surface area contributed by atoms with Crippen LogP contribution in [0.25, 0.3) is 22.3 Å². The van der Waals surface area contributed by atoms with Gasteiger partial charge in [0.25, 0.3) is 0 Å². The molecule has 7 heterocycles. The Kier molecular flexibility index (Phi) is 25.5. The normalized spacial score (nSPS) is 27.2. The largest absolute Gasteiger partial charge is 0.508 e. The van der Waals surface area contributed by atoms with Gasteiger partial charge >= 0.3 is 5.97 Å². The van der Waals surface area contributed by atoms with Gasteiger partial charge < -0.3 is 128 Å². The Balaban J connectivity index is 1.04. The maximum atomic E-state index is 16.2. The number of aliphatic hydroxyl groups excluding tert-OH is 6. The number of carbonyl (C=O) groups excluding carboxylic acids is 7. The van der Waals surface area contributed by atoms with Crippen LogP contribution in [0.5, 0.6) is 46.0 Å². The van der Waals surface area contributed by atoms with Gasteiger partial charge in [-0.15, -0.1) is 0 Å². The van der Waals surface area contributed by atoms with Gasteiger partial charge in [-0.2, -0.15) is 0 Å². The number of phenolic OH excluding ortho intramolecular Hbond substituents is 3. The van der Waals surface area contributed by atoms with Crippen molar-refractivity contribution in [2.75, 3.05) is 13.7 Å². The summed E-state index contributed by atoms with van der Waals surface area (Å²) in [5, 5.41) is 137. The molecule has 0 radical (unpaired) electrons. The van der Waals surface area contributed by atoms with Crippen molar-refractivity contribution in [1.82, 2.24) is 42.5 Å². The molecule has 7 amide bonds. The second-order valence-corrected chi connectivity index (χ2v) is 30.4. The third-order valence-corrected chi connectivity index (χ3v) is 21.4. The first kappa shape index (κ1) is 83.9. The average molecular weight is 1650 g/mol. The number of phenols is 3. The van der Waals surface area contributed by atoms with Gasteiger partial charge in [-0.3, -0.25) is 33.6 Å². The molecule has 18 atom stereocenters. The molecule has 14 rings (SSSR count). The number of nitrogens with one attached hydrogen (secondary N) is 8. The maximum absolute atomic E-state index is 16.2. The third-order valence-electron chi connectivity index (χ3n) is 20.6. The molecular weight excluding hydrogens is 1570 g/mol. The van der Waals surface area contributed by atoms with E-state index in [9.17, 15) is 75.0 Å². The highest BCUT2D eigenvalue weighted by molar-refractivity contribution is 6.32. The minimum Gasteiger partial charge on any atom is -0.508 e. The van der Waals surface area contributed by atoms with Crippen molar-refractivity contribution >= 4 is 82.1 Å². The number of aliphatic hydroxyl groups is 6. The summed E-state index contributed by atoms with van der Waals surface area (Å²) in [7, 11) is 1.48. The molecule has 0 spiro atoms. The predicted molar refractivity (Wildman–Crippen MR) is 409 cm³/mol. The number of nitrogens with two attached hydrogens (primary N) is 1. The van der Waals surface area contributed by atoms with Crippen molar-refractivity contribution < 1.29 is 118 Å². The molecule has 0 aromatic heterocycles. The van der Waals surface area contributed by atoms with Gasteiger partial charge in [0.15, 0.2) is 29.9 Å². The first-order valence-corrected chi connectivity index (χ1v) is 37.5. The van der Waals surface area contributed by atoms with E-state index in [0.717, 1.165) is 83.4 Å². The van der Waals surface area contributed by atoms with E-state index in [1.807, 2.05) is 50.2 Å². The Morgan fingerprint density at radius 2 is 1.26 bits per heavy atom. The number of aromatic hydroxyl groups is 3. The summed E-state index contributed by atoms with van der Waals surface area (Å²) in [5.74, 6) is -16.0. The molecule has 11 bridgehead atoms. The molecule has 33 nitrogen and oxygen atoms in total. The summed E-state index contributed by atoms with van der Waals surface area (Å²) in [5.41, 5.74) is 4.32. The number of fused-ring (bicyclic) bond motifs is 15. The van der Waals surface area contributed by atoms with Crippen LogP contribution in [0.15, 0.2) is 127 Å². The van der Waals surface area contributed by atoms with Gasteiger partial charge in [-0.05, 0) is 139 Å². The molecule has 2 saturated heterocycles. The van der Waals surface area contributed by atoms with Crippen molar-refractivity contribution in [3.63, 3.8) is 0 Å². The van der Waals surface area contributed by atoms with Crippen molar-refractivity contribution in [2.24, 2.45) is 11.7 Å². The molecule has 1 unspecified atom stereocenters. The first-order valence-electron chi connectivity index (χ1n) is 36.4. The Bertz CT molecular complexity index is 4890.